The number of carbonyl (C=O) groups excluding carboxylic acids is 1. The van der Waals surface area contributed by atoms with Gasteiger partial charge in [-0.2, -0.15) is 0 Å². The van der Waals surface area contributed by atoms with Gasteiger partial charge in [0.05, 0.1) is 12.7 Å². The van der Waals surface area contributed by atoms with Crippen LogP contribution < -0.4 is 10.1 Å². The van der Waals surface area contributed by atoms with Gasteiger partial charge in [0.1, 0.15) is 5.75 Å². The highest BCUT2D eigenvalue weighted by Gasteiger charge is 2.21. The molecule has 0 radical (unpaired) electrons. The summed E-state index contributed by atoms with van der Waals surface area (Å²) in [4.78, 5) is 13.1. The maximum Gasteiger partial charge on any atom is 0.216 e. The standard InChI is InChI=1S/C19H23NO3S/c1-12(21)18-11-15-5-4-14-10-16(6-7-17(14)19(15)24-18)23-9-3-8-20-13(2)22/h6-7,10-12,21H,3-5,8-9H2,1-2H3,(H,20,22). The van der Waals surface area contributed by atoms with Crippen molar-refractivity contribution in [2.45, 2.75) is 39.2 Å². The second-order valence-electron chi connectivity index (χ2n) is 6.18. The normalized spacial score (nSPS) is 13.8. The van der Waals surface area contributed by atoms with Crippen molar-refractivity contribution in [3.05, 3.63) is 40.3 Å². The number of rotatable bonds is 6. The zero-order valence-corrected chi connectivity index (χ0v) is 14.9. The summed E-state index contributed by atoms with van der Waals surface area (Å²) < 4.78 is 5.80. The van der Waals surface area contributed by atoms with E-state index in [1.807, 2.05) is 13.0 Å². The van der Waals surface area contributed by atoms with E-state index in [1.165, 1.54) is 28.5 Å². The average Bonchev–Trinajstić information content (AvgIpc) is 2.99. The van der Waals surface area contributed by atoms with E-state index in [-0.39, 0.29) is 5.91 Å². The number of hydrogen-bond donors (Lipinski definition) is 2. The highest BCUT2D eigenvalue weighted by atomic mass is 32.1. The Morgan fingerprint density at radius 2 is 2.12 bits per heavy atom. The fourth-order valence-electron chi connectivity index (χ4n) is 2.95. The van der Waals surface area contributed by atoms with E-state index >= 15 is 0 Å². The third kappa shape index (κ3) is 3.79. The first-order valence-electron chi connectivity index (χ1n) is 8.36. The quantitative estimate of drug-likeness (QED) is 0.788. The molecule has 128 valence electrons. The lowest BCUT2D eigenvalue weighted by Gasteiger charge is -2.17. The molecular formula is C19H23NO3S. The van der Waals surface area contributed by atoms with Crippen molar-refractivity contribution in [3.8, 4) is 16.2 Å². The molecule has 1 aliphatic rings. The van der Waals surface area contributed by atoms with Gasteiger partial charge in [-0.25, -0.2) is 0 Å². The van der Waals surface area contributed by atoms with Gasteiger partial charge in [-0.05, 0) is 67.1 Å². The van der Waals surface area contributed by atoms with Gasteiger partial charge >= 0.3 is 0 Å². The molecule has 0 spiro atoms. The average molecular weight is 345 g/mol. The Labute approximate surface area is 146 Å². The Morgan fingerprint density at radius 3 is 2.88 bits per heavy atom. The lowest BCUT2D eigenvalue weighted by molar-refractivity contribution is -0.118. The molecule has 5 heteroatoms. The fraction of sp³-hybridized carbons (Fsp3) is 0.421. The summed E-state index contributed by atoms with van der Waals surface area (Å²) in [6.45, 7) is 4.57. The molecule has 1 aromatic heterocycles. The number of thiophene rings is 1. The Balaban J connectivity index is 1.67. The van der Waals surface area contributed by atoms with Crippen LogP contribution in [0.2, 0.25) is 0 Å². The van der Waals surface area contributed by atoms with E-state index < -0.39 is 6.10 Å². The molecular weight excluding hydrogens is 322 g/mol. The molecule has 1 atom stereocenters. The number of aryl methyl sites for hydroxylation is 2. The molecule has 2 aromatic rings. The van der Waals surface area contributed by atoms with Gasteiger partial charge in [-0.15, -0.1) is 11.3 Å². The number of carbonyl (C=O) groups is 1. The lowest BCUT2D eigenvalue weighted by Crippen LogP contribution is -2.22. The molecule has 3 rings (SSSR count). The van der Waals surface area contributed by atoms with Crippen LogP contribution in [0.5, 0.6) is 5.75 Å². The highest BCUT2D eigenvalue weighted by Crippen LogP contribution is 2.42. The van der Waals surface area contributed by atoms with Gasteiger partial charge in [-0.3, -0.25) is 4.79 Å². The second-order valence-corrected chi connectivity index (χ2v) is 7.27. The minimum absolute atomic E-state index is 0.00732. The van der Waals surface area contributed by atoms with Crippen LogP contribution in [0.3, 0.4) is 0 Å². The van der Waals surface area contributed by atoms with Crippen molar-refractivity contribution < 1.29 is 14.6 Å². The number of amides is 1. The van der Waals surface area contributed by atoms with Crippen molar-refractivity contribution in [3.63, 3.8) is 0 Å². The van der Waals surface area contributed by atoms with E-state index in [0.29, 0.717) is 13.2 Å². The summed E-state index contributed by atoms with van der Waals surface area (Å²) in [6, 6.07) is 8.39. The SMILES string of the molecule is CC(=O)NCCCOc1ccc2c(c1)CCc1cc(C(C)O)sc1-2. The molecule has 0 saturated heterocycles. The first kappa shape index (κ1) is 17.0. The molecule has 4 nitrogen and oxygen atoms in total. The van der Waals surface area contributed by atoms with E-state index in [9.17, 15) is 9.90 Å². The number of hydrogen-bond acceptors (Lipinski definition) is 4. The molecule has 1 amide bonds. The molecule has 1 aromatic carbocycles. The Kier molecular flexibility index (Phi) is 5.21. The molecule has 24 heavy (non-hydrogen) atoms. The Hall–Kier alpha value is -1.85. The summed E-state index contributed by atoms with van der Waals surface area (Å²) in [5.74, 6) is 0.874. The summed E-state index contributed by atoms with van der Waals surface area (Å²) in [6.07, 6.45) is 2.40. The largest absolute Gasteiger partial charge is 0.494 e. The minimum Gasteiger partial charge on any atom is -0.494 e. The Bertz CT molecular complexity index is 736. The summed E-state index contributed by atoms with van der Waals surface area (Å²) in [7, 11) is 0. The van der Waals surface area contributed by atoms with Crippen molar-refractivity contribution >= 4 is 17.2 Å². The summed E-state index contributed by atoms with van der Waals surface area (Å²) in [5.41, 5.74) is 3.91. The third-order valence-electron chi connectivity index (χ3n) is 4.19. The highest BCUT2D eigenvalue weighted by molar-refractivity contribution is 7.15. The monoisotopic (exact) mass is 345 g/mol. The van der Waals surface area contributed by atoms with Gasteiger partial charge < -0.3 is 15.2 Å². The third-order valence-corrected chi connectivity index (χ3v) is 5.57. The number of benzene rings is 1. The van der Waals surface area contributed by atoms with Gasteiger partial charge in [0.15, 0.2) is 0 Å². The zero-order valence-electron chi connectivity index (χ0n) is 14.1. The number of aliphatic hydroxyl groups excluding tert-OH is 1. The molecule has 1 unspecified atom stereocenters. The first-order valence-corrected chi connectivity index (χ1v) is 9.17. The van der Waals surface area contributed by atoms with E-state index in [2.05, 4.69) is 23.5 Å². The molecule has 0 aliphatic heterocycles. The summed E-state index contributed by atoms with van der Waals surface area (Å²) in [5, 5.41) is 12.6. The van der Waals surface area contributed by atoms with E-state index in [4.69, 9.17) is 4.74 Å². The van der Waals surface area contributed by atoms with Crippen LogP contribution in [0, 0.1) is 0 Å². The van der Waals surface area contributed by atoms with Crippen LogP contribution in [0.1, 0.15) is 42.4 Å². The molecule has 0 fully saturated rings. The number of ether oxygens (including phenoxy) is 1. The molecule has 1 aliphatic carbocycles. The van der Waals surface area contributed by atoms with Crippen LogP contribution >= 0.6 is 11.3 Å². The van der Waals surface area contributed by atoms with Crippen LogP contribution in [0.4, 0.5) is 0 Å². The Morgan fingerprint density at radius 1 is 1.33 bits per heavy atom. The summed E-state index contributed by atoms with van der Waals surface area (Å²) >= 11 is 1.69. The minimum atomic E-state index is -0.407. The molecule has 0 saturated carbocycles. The molecule has 2 N–H and O–H groups in total. The van der Waals surface area contributed by atoms with Crippen LogP contribution in [0.15, 0.2) is 24.3 Å². The van der Waals surface area contributed by atoms with Gasteiger partial charge in [0.2, 0.25) is 5.91 Å². The number of fused-ring (bicyclic) bond motifs is 3. The van der Waals surface area contributed by atoms with Crippen molar-refractivity contribution in [1.29, 1.82) is 0 Å². The van der Waals surface area contributed by atoms with Gasteiger partial charge in [-0.1, -0.05) is 0 Å². The predicted molar refractivity (Wildman–Crippen MR) is 96.6 cm³/mol. The van der Waals surface area contributed by atoms with Gasteiger partial charge in [0, 0.05) is 23.2 Å². The van der Waals surface area contributed by atoms with Crippen molar-refractivity contribution in [2.75, 3.05) is 13.2 Å². The van der Waals surface area contributed by atoms with Gasteiger partial charge in [0.25, 0.3) is 0 Å². The van der Waals surface area contributed by atoms with Crippen molar-refractivity contribution in [2.24, 2.45) is 0 Å². The number of aliphatic hydroxyl groups is 1. The zero-order chi connectivity index (χ0) is 17.1. The second kappa shape index (κ2) is 7.36. The first-order chi connectivity index (χ1) is 11.5. The maximum atomic E-state index is 10.8. The lowest BCUT2D eigenvalue weighted by atomic mass is 9.91. The number of nitrogens with one attached hydrogen (secondary N) is 1. The maximum absolute atomic E-state index is 10.8. The van der Waals surface area contributed by atoms with E-state index in [1.54, 1.807) is 11.3 Å². The fourth-order valence-corrected chi connectivity index (χ4v) is 4.16. The van der Waals surface area contributed by atoms with Crippen LogP contribution in [-0.2, 0) is 17.6 Å². The van der Waals surface area contributed by atoms with Crippen molar-refractivity contribution in [1.82, 2.24) is 5.32 Å². The topological polar surface area (TPSA) is 58.6 Å². The van der Waals surface area contributed by atoms with Crippen LogP contribution in [0.25, 0.3) is 10.4 Å². The van der Waals surface area contributed by atoms with Crippen LogP contribution in [-0.4, -0.2) is 24.2 Å². The van der Waals surface area contributed by atoms with E-state index in [0.717, 1.165) is 29.9 Å². The molecule has 1 heterocycles. The molecule has 0 bridgehead atoms. The predicted octanol–water partition coefficient (Wildman–Crippen LogP) is 3.47. The smallest absolute Gasteiger partial charge is 0.216 e.